The predicted molar refractivity (Wildman–Crippen MR) is 87.4 cm³/mol. The maximum atomic E-state index is 13.0. The SMILES string of the molecule is CN=C(NCc1cccc(F)c1)NC1CCCC1.I. The molecule has 1 aromatic rings. The molecule has 3 nitrogen and oxygen atoms in total. The molecule has 0 spiro atoms. The largest absolute Gasteiger partial charge is 0.354 e. The highest BCUT2D eigenvalue weighted by Gasteiger charge is 2.15. The number of nitrogens with zero attached hydrogens (tertiary/aromatic N) is 1. The molecule has 1 aliphatic carbocycles. The minimum Gasteiger partial charge on any atom is -0.354 e. The van der Waals surface area contributed by atoms with Crippen molar-refractivity contribution < 1.29 is 4.39 Å². The third kappa shape index (κ3) is 5.34. The second-order valence-electron chi connectivity index (χ2n) is 4.68. The van der Waals surface area contributed by atoms with Gasteiger partial charge in [0.05, 0.1) is 0 Å². The van der Waals surface area contributed by atoms with Gasteiger partial charge in [0.15, 0.2) is 5.96 Å². The lowest BCUT2D eigenvalue weighted by molar-refractivity contribution is 0.610. The van der Waals surface area contributed by atoms with E-state index in [-0.39, 0.29) is 29.8 Å². The smallest absolute Gasteiger partial charge is 0.191 e. The van der Waals surface area contributed by atoms with Crippen LogP contribution in [0.2, 0.25) is 0 Å². The van der Waals surface area contributed by atoms with Crippen LogP contribution in [-0.2, 0) is 6.54 Å². The van der Waals surface area contributed by atoms with Crippen LogP contribution in [0.1, 0.15) is 31.2 Å². The van der Waals surface area contributed by atoms with Crippen molar-refractivity contribution in [3.05, 3.63) is 35.6 Å². The van der Waals surface area contributed by atoms with Crippen LogP contribution in [0.15, 0.2) is 29.3 Å². The van der Waals surface area contributed by atoms with Crippen molar-refractivity contribution >= 4 is 29.9 Å². The predicted octanol–water partition coefficient (Wildman–Crippen LogP) is 3.05. The Morgan fingerprint density at radius 2 is 2.11 bits per heavy atom. The number of aliphatic imine (C=N–C) groups is 1. The Bertz CT molecular complexity index is 417. The molecule has 5 heteroatoms. The average molecular weight is 377 g/mol. The van der Waals surface area contributed by atoms with Gasteiger partial charge in [0.2, 0.25) is 0 Å². The zero-order valence-corrected chi connectivity index (χ0v) is 13.5. The van der Waals surface area contributed by atoms with Gasteiger partial charge in [-0.15, -0.1) is 24.0 Å². The van der Waals surface area contributed by atoms with Gasteiger partial charge in [0, 0.05) is 19.6 Å². The molecule has 106 valence electrons. The molecule has 0 radical (unpaired) electrons. The molecule has 1 saturated carbocycles. The fraction of sp³-hybridized carbons (Fsp3) is 0.500. The molecule has 19 heavy (non-hydrogen) atoms. The monoisotopic (exact) mass is 377 g/mol. The van der Waals surface area contributed by atoms with Gasteiger partial charge in [-0.2, -0.15) is 0 Å². The Balaban J connectivity index is 0.00000180. The summed E-state index contributed by atoms with van der Waals surface area (Å²) in [5, 5.41) is 6.61. The highest BCUT2D eigenvalue weighted by Crippen LogP contribution is 2.17. The van der Waals surface area contributed by atoms with E-state index in [0.29, 0.717) is 12.6 Å². The lowest BCUT2D eigenvalue weighted by atomic mass is 10.2. The lowest BCUT2D eigenvalue weighted by Gasteiger charge is -2.16. The van der Waals surface area contributed by atoms with Crippen LogP contribution in [-0.4, -0.2) is 19.0 Å². The molecule has 1 aromatic carbocycles. The summed E-state index contributed by atoms with van der Waals surface area (Å²) in [6.45, 7) is 0.587. The molecular weight excluding hydrogens is 356 g/mol. The van der Waals surface area contributed by atoms with Crippen molar-refractivity contribution in [3.8, 4) is 0 Å². The third-order valence-corrected chi connectivity index (χ3v) is 3.27. The summed E-state index contributed by atoms with van der Waals surface area (Å²) in [5.41, 5.74) is 0.921. The molecule has 0 unspecified atom stereocenters. The summed E-state index contributed by atoms with van der Waals surface area (Å²) >= 11 is 0. The first kappa shape index (κ1) is 16.2. The minimum absolute atomic E-state index is 0. The van der Waals surface area contributed by atoms with Gasteiger partial charge in [0.25, 0.3) is 0 Å². The van der Waals surface area contributed by atoms with Crippen LogP contribution < -0.4 is 10.6 Å². The highest BCUT2D eigenvalue weighted by molar-refractivity contribution is 14.0. The van der Waals surface area contributed by atoms with Crippen LogP contribution in [0, 0.1) is 5.82 Å². The topological polar surface area (TPSA) is 36.4 Å². The van der Waals surface area contributed by atoms with E-state index in [4.69, 9.17) is 0 Å². The molecule has 1 fully saturated rings. The summed E-state index contributed by atoms with van der Waals surface area (Å²) in [5.74, 6) is 0.596. The first-order valence-electron chi connectivity index (χ1n) is 6.49. The molecule has 0 bridgehead atoms. The zero-order chi connectivity index (χ0) is 12.8. The minimum atomic E-state index is -0.201. The Kier molecular flexibility index (Phi) is 7.12. The van der Waals surface area contributed by atoms with Crippen LogP contribution >= 0.6 is 24.0 Å². The normalized spacial score (nSPS) is 16.0. The molecule has 0 aliphatic heterocycles. The highest BCUT2D eigenvalue weighted by atomic mass is 127. The average Bonchev–Trinajstić information content (AvgIpc) is 2.87. The van der Waals surface area contributed by atoms with Crippen molar-refractivity contribution in [3.63, 3.8) is 0 Å². The van der Waals surface area contributed by atoms with Crippen molar-refractivity contribution in [2.45, 2.75) is 38.3 Å². The van der Waals surface area contributed by atoms with E-state index in [1.54, 1.807) is 13.1 Å². The van der Waals surface area contributed by atoms with Crippen molar-refractivity contribution in [2.75, 3.05) is 7.05 Å². The molecule has 2 rings (SSSR count). The van der Waals surface area contributed by atoms with Gasteiger partial charge in [-0.1, -0.05) is 25.0 Å². The van der Waals surface area contributed by atoms with Crippen molar-refractivity contribution in [1.29, 1.82) is 0 Å². The molecule has 0 heterocycles. The Labute approximate surface area is 131 Å². The molecule has 2 N–H and O–H groups in total. The van der Waals surface area contributed by atoms with Gasteiger partial charge in [-0.3, -0.25) is 4.99 Å². The summed E-state index contributed by atoms with van der Waals surface area (Å²) in [7, 11) is 1.76. The Morgan fingerprint density at radius 3 is 2.74 bits per heavy atom. The summed E-state index contributed by atoms with van der Waals surface area (Å²) in [6.07, 6.45) is 5.00. The third-order valence-electron chi connectivity index (χ3n) is 3.27. The standard InChI is InChI=1S/C14H20FN3.HI/c1-16-14(18-13-7-2-3-8-13)17-10-11-5-4-6-12(15)9-11;/h4-6,9,13H,2-3,7-8,10H2,1H3,(H2,16,17,18);1H. The van der Waals surface area contributed by atoms with E-state index in [9.17, 15) is 4.39 Å². The van der Waals surface area contributed by atoms with E-state index in [1.165, 1.54) is 37.8 Å². The number of rotatable bonds is 3. The van der Waals surface area contributed by atoms with Crippen LogP contribution in [0.5, 0.6) is 0 Å². The Hall–Kier alpha value is -0.850. The van der Waals surface area contributed by atoms with E-state index >= 15 is 0 Å². The first-order valence-corrected chi connectivity index (χ1v) is 6.49. The summed E-state index contributed by atoms with van der Waals surface area (Å²) in [6, 6.07) is 7.15. The summed E-state index contributed by atoms with van der Waals surface area (Å²) < 4.78 is 13.0. The van der Waals surface area contributed by atoms with E-state index < -0.39 is 0 Å². The molecule has 0 atom stereocenters. The van der Waals surface area contributed by atoms with Gasteiger partial charge >= 0.3 is 0 Å². The first-order chi connectivity index (χ1) is 8.78. The van der Waals surface area contributed by atoms with Gasteiger partial charge < -0.3 is 10.6 Å². The fourth-order valence-electron chi connectivity index (χ4n) is 2.29. The molecule has 0 aromatic heterocycles. The maximum Gasteiger partial charge on any atom is 0.191 e. The number of hydrogen-bond acceptors (Lipinski definition) is 1. The van der Waals surface area contributed by atoms with E-state index in [2.05, 4.69) is 15.6 Å². The zero-order valence-electron chi connectivity index (χ0n) is 11.2. The maximum absolute atomic E-state index is 13.0. The van der Waals surface area contributed by atoms with Crippen LogP contribution in [0.4, 0.5) is 4.39 Å². The Morgan fingerprint density at radius 1 is 1.37 bits per heavy atom. The number of guanidine groups is 1. The number of nitrogens with one attached hydrogen (secondary N) is 2. The van der Waals surface area contributed by atoms with Crippen molar-refractivity contribution in [1.82, 2.24) is 10.6 Å². The molecule has 0 amide bonds. The van der Waals surface area contributed by atoms with E-state index in [0.717, 1.165) is 11.5 Å². The quantitative estimate of drug-likeness (QED) is 0.483. The van der Waals surface area contributed by atoms with E-state index in [1.807, 2.05) is 6.07 Å². The number of benzene rings is 1. The van der Waals surface area contributed by atoms with Crippen molar-refractivity contribution in [2.24, 2.45) is 4.99 Å². The summed E-state index contributed by atoms with van der Waals surface area (Å²) in [4.78, 5) is 4.19. The van der Waals surface area contributed by atoms with Crippen LogP contribution in [0.3, 0.4) is 0 Å². The molecule has 1 aliphatic rings. The molecule has 0 saturated heterocycles. The van der Waals surface area contributed by atoms with Crippen LogP contribution in [0.25, 0.3) is 0 Å². The number of halogens is 2. The second kappa shape index (κ2) is 8.35. The fourth-order valence-corrected chi connectivity index (χ4v) is 2.29. The molecular formula is C14H21FIN3. The second-order valence-corrected chi connectivity index (χ2v) is 4.68. The van der Waals surface area contributed by atoms with Gasteiger partial charge in [-0.05, 0) is 30.5 Å². The lowest BCUT2D eigenvalue weighted by Crippen LogP contribution is -2.41. The number of hydrogen-bond donors (Lipinski definition) is 2. The van der Waals surface area contributed by atoms with Gasteiger partial charge in [-0.25, -0.2) is 4.39 Å². The van der Waals surface area contributed by atoms with Gasteiger partial charge in [0.1, 0.15) is 5.82 Å².